The lowest BCUT2D eigenvalue weighted by Gasteiger charge is -2.11. The first-order chi connectivity index (χ1) is 8.09. The number of nitrogens with two attached hydrogens (primary N) is 3. The standard InChI is InChI=1S/C13H14N4/c1-8(9-5-3-2-4-6-9)10-7-11(14)17-13(16)12(10)15/h2-7H,1,15H2,(H4,14,16,17). The van der Waals surface area contributed by atoms with Gasteiger partial charge in [-0.1, -0.05) is 36.9 Å². The molecule has 17 heavy (non-hydrogen) atoms. The van der Waals surface area contributed by atoms with Crippen molar-refractivity contribution in [2.24, 2.45) is 0 Å². The number of rotatable bonds is 2. The molecule has 0 spiro atoms. The van der Waals surface area contributed by atoms with Crippen molar-refractivity contribution >= 4 is 22.9 Å². The third kappa shape index (κ3) is 2.06. The van der Waals surface area contributed by atoms with E-state index in [0.29, 0.717) is 11.5 Å². The van der Waals surface area contributed by atoms with Crippen LogP contribution in [0.3, 0.4) is 0 Å². The van der Waals surface area contributed by atoms with E-state index in [1.165, 1.54) is 0 Å². The maximum atomic E-state index is 5.89. The van der Waals surface area contributed by atoms with Crippen molar-refractivity contribution in [3.8, 4) is 0 Å². The fraction of sp³-hybridized carbons (Fsp3) is 0. The van der Waals surface area contributed by atoms with E-state index < -0.39 is 0 Å². The van der Waals surface area contributed by atoms with Gasteiger partial charge >= 0.3 is 0 Å². The van der Waals surface area contributed by atoms with E-state index in [0.717, 1.165) is 16.7 Å². The minimum Gasteiger partial charge on any atom is -0.395 e. The van der Waals surface area contributed by atoms with Gasteiger partial charge < -0.3 is 17.2 Å². The van der Waals surface area contributed by atoms with E-state index in [4.69, 9.17) is 17.2 Å². The van der Waals surface area contributed by atoms with Crippen LogP contribution in [0, 0.1) is 0 Å². The summed E-state index contributed by atoms with van der Waals surface area (Å²) in [4.78, 5) is 3.90. The van der Waals surface area contributed by atoms with Gasteiger partial charge in [0.2, 0.25) is 0 Å². The first kappa shape index (κ1) is 11.0. The summed E-state index contributed by atoms with van der Waals surface area (Å²) in [7, 11) is 0. The molecule has 4 nitrogen and oxygen atoms in total. The minimum absolute atomic E-state index is 0.233. The molecule has 0 unspecified atom stereocenters. The highest BCUT2D eigenvalue weighted by molar-refractivity contribution is 5.88. The number of pyridine rings is 1. The zero-order chi connectivity index (χ0) is 12.4. The highest BCUT2D eigenvalue weighted by Gasteiger charge is 2.10. The lowest BCUT2D eigenvalue weighted by molar-refractivity contribution is 1.33. The van der Waals surface area contributed by atoms with E-state index in [1.807, 2.05) is 30.3 Å². The molecule has 0 atom stereocenters. The Bertz CT molecular complexity index is 561. The molecule has 0 saturated heterocycles. The molecular weight excluding hydrogens is 212 g/mol. The molecule has 4 heteroatoms. The molecule has 0 radical (unpaired) electrons. The molecule has 0 bridgehead atoms. The molecule has 0 amide bonds. The van der Waals surface area contributed by atoms with Crippen molar-refractivity contribution < 1.29 is 0 Å². The van der Waals surface area contributed by atoms with Gasteiger partial charge in [0.25, 0.3) is 0 Å². The average molecular weight is 226 g/mol. The lowest BCUT2D eigenvalue weighted by atomic mass is 9.99. The number of benzene rings is 1. The number of nitrogens with zero attached hydrogens (tertiary/aromatic N) is 1. The minimum atomic E-state index is 0.233. The molecule has 1 aromatic heterocycles. The molecular formula is C13H14N4. The van der Waals surface area contributed by atoms with Crippen LogP contribution in [0.25, 0.3) is 5.57 Å². The Balaban J connectivity index is 2.52. The van der Waals surface area contributed by atoms with Crippen molar-refractivity contribution in [3.63, 3.8) is 0 Å². The van der Waals surface area contributed by atoms with Crippen LogP contribution in [0.1, 0.15) is 11.1 Å². The average Bonchev–Trinajstić information content (AvgIpc) is 2.34. The molecule has 2 aromatic rings. The molecule has 86 valence electrons. The second-order valence-electron chi connectivity index (χ2n) is 3.74. The molecule has 2 rings (SSSR count). The topological polar surface area (TPSA) is 90.9 Å². The predicted molar refractivity (Wildman–Crippen MR) is 72.1 cm³/mol. The van der Waals surface area contributed by atoms with Crippen LogP contribution in [0.4, 0.5) is 17.3 Å². The van der Waals surface area contributed by atoms with Crippen molar-refractivity contribution in [1.82, 2.24) is 4.98 Å². The zero-order valence-electron chi connectivity index (χ0n) is 9.35. The van der Waals surface area contributed by atoms with Crippen molar-refractivity contribution in [1.29, 1.82) is 0 Å². The smallest absolute Gasteiger partial charge is 0.149 e. The molecule has 0 aliphatic rings. The van der Waals surface area contributed by atoms with Gasteiger partial charge in [-0.2, -0.15) is 0 Å². The van der Waals surface area contributed by atoms with Gasteiger partial charge in [-0.25, -0.2) is 4.98 Å². The van der Waals surface area contributed by atoms with Crippen LogP contribution >= 0.6 is 0 Å². The van der Waals surface area contributed by atoms with Gasteiger partial charge in [0, 0.05) is 5.56 Å². The van der Waals surface area contributed by atoms with Crippen LogP contribution in [-0.4, -0.2) is 4.98 Å². The lowest BCUT2D eigenvalue weighted by Crippen LogP contribution is -2.05. The van der Waals surface area contributed by atoms with E-state index in [9.17, 15) is 0 Å². The Morgan fingerprint density at radius 3 is 2.35 bits per heavy atom. The van der Waals surface area contributed by atoms with Crippen molar-refractivity contribution in [2.45, 2.75) is 0 Å². The molecule has 0 saturated carbocycles. The van der Waals surface area contributed by atoms with Gasteiger partial charge in [-0.3, -0.25) is 0 Å². The van der Waals surface area contributed by atoms with Gasteiger partial charge in [0.1, 0.15) is 11.6 Å². The van der Waals surface area contributed by atoms with Crippen LogP contribution in [0.5, 0.6) is 0 Å². The number of nitrogen functional groups attached to an aromatic ring is 3. The number of anilines is 3. The quantitative estimate of drug-likeness (QED) is 0.729. The van der Waals surface area contributed by atoms with E-state index >= 15 is 0 Å². The predicted octanol–water partition coefficient (Wildman–Crippen LogP) is 1.89. The number of hydrogen-bond acceptors (Lipinski definition) is 4. The zero-order valence-corrected chi connectivity index (χ0v) is 9.35. The van der Waals surface area contributed by atoms with Gasteiger partial charge in [0.05, 0.1) is 5.69 Å². The normalized spacial score (nSPS) is 10.1. The summed E-state index contributed by atoms with van der Waals surface area (Å²) >= 11 is 0. The van der Waals surface area contributed by atoms with E-state index in [-0.39, 0.29) is 5.82 Å². The first-order valence-corrected chi connectivity index (χ1v) is 5.15. The second-order valence-corrected chi connectivity index (χ2v) is 3.74. The Morgan fingerprint density at radius 2 is 1.71 bits per heavy atom. The molecule has 0 fully saturated rings. The van der Waals surface area contributed by atoms with Crippen LogP contribution in [0.2, 0.25) is 0 Å². The summed E-state index contributed by atoms with van der Waals surface area (Å²) in [6.45, 7) is 4.02. The van der Waals surface area contributed by atoms with Crippen LogP contribution < -0.4 is 17.2 Å². The number of aromatic nitrogens is 1. The van der Waals surface area contributed by atoms with Gasteiger partial charge in [0.15, 0.2) is 0 Å². The fourth-order valence-corrected chi connectivity index (χ4v) is 1.64. The summed E-state index contributed by atoms with van der Waals surface area (Å²) < 4.78 is 0. The Hall–Kier alpha value is -2.49. The van der Waals surface area contributed by atoms with E-state index in [2.05, 4.69) is 11.6 Å². The van der Waals surface area contributed by atoms with Gasteiger partial charge in [-0.05, 0) is 17.2 Å². The molecule has 6 N–H and O–H groups in total. The summed E-state index contributed by atoms with van der Waals surface area (Å²) in [5, 5.41) is 0. The monoisotopic (exact) mass is 226 g/mol. The van der Waals surface area contributed by atoms with Crippen LogP contribution in [0.15, 0.2) is 43.0 Å². The van der Waals surface area contributed by atoms with Crippen molar-refractivity contribution in [3.05, 3.63) is 54.1 Å². The maximum absolute atomic E-state index is 5.89. The fourth-order valence-electron chi connectivity index (χ4n) is 1.64. The molecule has 0 aliphatic carbocycles. The number of hydrogen-bond donors (Lipinski definition) is 3. The van der Waals surface area contributed by atoms with Gasteiger partial charge in [-0.15, -0.1) is 0 Å². The summed E-state index contributed by atoms with van der Waals surface area (Å²) in [6.07, 6.45) is 0. The van der Waals surface area contributed by atoms with Crippen LogP contribution in [-0.2, 0) is 0 Å². The van der Waals surface area contributed by atoms with Crippen molar-refractivity contribution in [2.75, 3.05) is 17.2 Å². The Kier molecular flexibility index (Phi) is 2.70. The SMILES string of the molecule is C=C(c1ccccc1)c1cc(N)nc(N)c1N. The highest BCUT2D eigenvalue weighted by atomic mass is 14.9. The Morgan fingerprint density at radius 1 is 1.06 bits per heavy atom. The van der Waals surface area contributed by atoms with E-state index in [1.54, 1.807) is 6.07 Å². The Labute approximate surface area is 99.8 Å². The third-order valence-electron chi connectivity index (χ3n) is 2.56. The third-order valence-corrected chi connectivity index (χ3v) is 2.56. The summed E-state index contributed by atoms with van der Waals surface area (Å²) in [5.41, 5.74) is 20.1. The summed E-state index contributed by atoms with van der Waals surface area (Å²) in [6, 6.07) is 11.4. The first-order valence-electron chi connectivity index (χ1n) is 5.15. The molecule has 1 heterocycles. The largest absolute Gasteiger partial charge is 0.395 e. The summed E-state index contributed by atoms with van der Waals surface area (Å²) in [5.74, 6) is 0.570. The second kappa shape index (κ2) is 4.17. The highest BCUT2D eigenvalue weighted by Crippen LogP contribution is 2.30. The maximum Gasteiger partial charge on any atom is 0.149 e. The molecule has 1 aromatic carbocycles. The molecule has 0 aliphatic heterocycles.